The molecule has 1 aliphatic carbocycles. The summed E-state index contributed by atoms with van der Waals surface area (Å²) in [6, 6.07) is -0.637. The van der Waals surface area contributed by atoms with Gasteiger partial charge in [0, 0.05) is 0 Å². The van der Waals surface area contributed by atoms with Crippen LogP contribution in [0, 0.1) is 5.92 Å². The molecule has 3 nitrogen and oxygen atoms in total. The fourth-order valence-electron chi connectivity index (χ4n) is 2.20. The minimum atomic E-state index is -2.51. The molecule has 1 amide bonds. The van der Waals surface area contributed by atoms with Gasteiger partial charge in [0.1, 0.15) is 0 Å². The molecule has 0 heterocycles. The Morgan fingerprint density at radius 3 is 2.50 bits per heavy atom. The Kier molecular flexibility index (Phi) is 5.66. The molecule has 1 atom stereocenters. The zero-order chi connectivity index (χ0) is 12.0. The summed E-state index contributed by atoms with van der Waals surface area (Å²) in [5.41, 5.74) is 5.68. The normalized spacial score (nSPS) is 19.8. The van der Waals surface area contributed by atoms with Crippen LogP contribution in [0.15, 0.2) is 0 Å². The van der Waals surface area contributed by atoms with Gasteiger partial charge in [-0.1, -0.05) is 32.1 Å². The number of carbonyl (C=O) groups excluding carboxylic acids is 1. The average molecular weight is 234 g/mol. The minimum absolute atomic E-state index is 0.453. The van der Waals surface area contributed by atoms with Gasteiger partial charge in [0.2, 0.25) is 5.91 Å². The van der Waals surface area contributed by atoms with Gasteiger partial charge in [-0.2, -0.15) is 0 Å². The lowest BCUT2D eigenvalue weighted by Gasteiger charge is -2.24. The third kappa shape index (κ3) is 4.88. The summed E-state index contributed by atoms with van der Waals surface area (Å²) in [4.78, 5) is 11.4. The number of hydrogen-bond acceptors (Lipinski definition) is 2. The van der Waals surface area contributed by atoms with Crippen molar-refractivity contribution in [2.75, 3.05) is 6.54 Å². The van der Waals surface area contributed by atoms with Crippen molar-refractivity contribution < 1.29 is 13.6 Å². The number of nitrogens with two attached hydrogens (primary N) is 1. The molecule has 0 saturated heterocycles. The Labute approximate surface area is 94.8 Å². The topological polar surface area (TPSA) is 55.1 Å². The van der Waals surface area contributed by atoms with E-state index in [1.165, 1.54) is 19.3 Å². The third-order valence-corrected chi connectivity index (χ3v) is 3.08. The van der Waals surface area contributed by atoms with Gasteiger partial charge in [-0.15, -0.1) is 0 Å². The highest BCUT2D eigenvalue weighted by Crippen LogP contribution is 2.26. The van der Waals surface area contributed by atoms with Crippen LogP contribution >= 0.6 is 0 Å². The summed E-state index contributed by atoms with van der Waals surface area (Å²) in [6.45, 7) is -0.600. The molecule has 0 aliphatic heterocycles. The van der Waals surface area contributed by atoms with Crippen molar-refractivity contribution in [1.82, 2.24) is 5.32 Å². The Bertz CT molecular complexity index is 218. The Hall–Kier alpha value is -0.710. The van der Waals surface area contributed by atoms with Crippen LogP contribution in [0.1, 0.15) is 38.5 Å². The average Bonchev–Trinajstić information content (AvgIpc) is 2.27. The van der Waals surface area contributed by atoms with Crippen molar-refractivity contribution in [3.63, 3.8) is 0 Å². The monoisotopic (exact) mass is 234 g/mol. The van der Waals surface area contributed by atoms with Crippen LogP contribution in [0.3, 0.4) is 0 Å². The first-order chi connectivity index (χ1) is 7.59. The molecule has 1 unspecified atom stereocenters. The van der Waals surface area contributed by atoms with Gasteiger partial charge < -0.3 is 11.1 Å². The van der Waals surface area contributed by atoms with E-state index in [0.717, 1.165) is 12.8 Å². The van der Waals surface area contributed by atoms with E-state index in [0.29, 0.717) is 12.3 Å². The molecular formula is C11H20F2N2O. The smallest absolute Gasteiger partial charge is 0.255 e. The highest BCUT2D eigenvalue weighted by molar-refractivity contribution is 5.81. The number of nitrogens with one attached hydrogen (secondary N) is 1. The maximum atomic E-state index is 11.9. The summed E-state index contributed by atoms with van der Waals surface area (Å²) >= 11 is 0. The van der Waals surface area contributed by atoms with Crippen LogP contribution in [0.4, 0.5) is 8.78 Å². The quantitative estimate of drug-likeness (QED) is 0.760. The summed E-state index contributed by atoms with van der Waals surface area (Å²) < 4.78 is 23.7. The minimum Gasteiger partial charge on any atom is -0.349 e. The first kappa shape index (κ1) is 13.4. The van der Waals surface area contributed by atoms with Gasteiger partial charge in [-0.05, 0) is 12.3 Å². The number of hydrogen-bond donors (Lipinski definition) is 2. The number of alkyl halides is 2. The first-order valence-electron chi connectivity index (χ1n) is 5.91. The lowest BCUT2D eigenvalue weighted by atomic mass is 9.85. The van der Waals surface area contributed by atoms with E-state index in [1.807, 2.05) is 0 Å². The molecule has 0 aromatic carbocycles. The second-order valence-corrected chi connectivity index (χ2v) is 4.48. The Morgan fingerprint density at radius 2 is 1.94 bits per heavy atom. The molecule has 16 heavy (non-hydrogen) atoms. The summed E-state index contributed by atoms with van der Waals surface area (Å²) in [7, 11) is 0. The Balaban J connectivity index is 2.21. The van der Waals surface area contributed by atoms with Crippen molar-refractivity contribution in [2.45, 2.75) is 51.0 Å². The number of rotatable bonds is 5. The molecule has 1 rings (SSSR count). The van der Waals surface area contributed by atoms with Crippen molar-refractivity contribution in [3.05, 3.63) is 0 Å². The molecule has 3 N–H and O–H groups in total. The first-order valence-corrected chi connectivity index (χ1v) is 5.91. The van der Waals surface area contributed by atoms with Gasteiger partial charge in [0.15, 0.2) is 0 Å². The second-order valence-electron chi connectivity index (χ2n) is 4.48. The summed E-state index contributed by atoms with van der Waals surface area (Å²) in [5, 5.41) is 2.16. The molecule has 0 bridgehead atoms. The van der Waals surface area contributed by atoms with E-state index < -0.39 is 24.9 Å². The van der Waals surface area contributed by atoms with Crippen LogP contribution in [-0.2, 0) is 4.79 Å². The van der Waals surface area contributed by atoms with Crippen molar-refractivity contribution in [2.24, 2.45) is 11.7 Å². The predicted octanol–water partition coefficient (Wildman–Crippen LogP) is 1.67. The van der Waals surface area contributed by atoms with E-state index in [1.54, 1.807) is 0 Å². The van der Waals surface area contributed by atoms with Crippen molar-refractivity contribution in [1.29, 1.82) is 0 Å². The number of amides is 1. The van der Waals surface area contributed by atoms with E-state index in [2.05, 4.69) is 5.32 Å². The van der Waals surface area contributed by atoms with Crippen molar-refractivity contribution in [3.8, 4) is 0 Å². The fourth-order valence-corrected chi connectivity index (χ4v) is 2.20. The van der Waals surface area contributed by atoms with Crippen LogP contribution in [0.5, 0.6) is 0 Å². The molecule has 0 spiro atoms. The van der Waals surface area contributed by atoms with E-state index >= 15 is 0 Å². The van der Waals surface area contributed by atoms with Crippen molar-refractivity contribution >= 4 is 5.91 Å². The predicted molar refractivity (Wildman–Crippen MR) is 58.2 cm³/mol. The molecular weight excluding hydrogens is 214 g/mol. The molecule has 5 heteroatoms. The van der Waals surface area contributed by atoms with Crippen LogP contribution in [0.2, 0.25) is 0 Å². The van der Waals surface area contributed by atoms with E-state index in [4.69, 9.17) is 5.73 Å². The van der Waals surface area contributed by atoms with Crippen LogP contribution in [0.25, 0.3) is 0 Å². The zero-order valence-corrected chi connectivity index (χ0v) is 9.42. The summed E-state index contributed by atoms with van der Waals surface area (Å²) in [6.07, 6.45) is 3.96. The SMILES string of the molecule is NC(CC1CCCCC1)C(=O)NCC(F)F. The Morgan fingerprint density at radius 1 is 1.31 bits per heavy atom. The molecule has 0 aromatic rings. The molecule has 1 aliphatic rings. The maximum absolute atomic E-state index is 11.9. The standard InChI is InChI=1S/C11H20F2N2O/c12-10(13)7-15-11(16)9(14)6-8-4-2-1-3-5-8/h8-10H,1-7,14H2,(H,15,16). The molecule has 94 valence electrons. The number of halogens is 2. The highest BCUT2D eigenvalue weighted by Gasteiger charge is 2.21. The van der Waals surface area contributed by atoms with Crippen LogP contribution in [-0.4, -0.2) is 24.9 Å². The zero-order valence-electron chi connectivity index (χ0n) is 9.42. The van der Waals surface area contributed by atoms with E-state index in [9.17, 15) is 13.6 Å². The lowest BCUT2D eigenvalue weighted by molar-refractivity contribution is -0.123. The molecule has 0 radical (unpaired) electrons. The maximum Gasteiger partial charge on any atom is 0.255 e. The second kappa shape index (κ2) is 6.78. The van der Waals surface area contributed by atoms with Gasteiger partial charge in [0.25, 0.3) is 6.43 Å². The van der Waals surface area contributed by atoms with Crippen LogP contribution < -0.4 is 11.1 Å². The van der Waals surface area contributed by atoms with Gasteiger partial charge in [-0.3, -0.25) is 4.79 Å². The molecule has 0 aromatic heterocycles. The largest absolute Gasteiger partial charge is 0.349 e. The van der Waals surface area contributed by atoms with Gasteiger partial charge in [0.05, 0.1) is 12.6 Å². The number of carbonyl (C=O) groups is 1. The highest BCUT2D eigenvalue weighted by atomic mass is 19.3. The molecule has 1 fully saturated rings. The molecule has 1 saturated carbocycles. The fraction of sp³-hybridized carbons (Fsp3) is 0.909. The van der Waals surface area contributed by atoms with Gasteiger partial charge >= 0.3 is 0 Å². The lowest BCUT2D eigenvalue weighted by Crippen LogP contribution is -2.43. The third-order valence-electron chi connectivity index (χ3n) is 3.08. The summed E-state index contributed by atoms with van der Waals surface area (Å²) in [5.74, 6) is 0.0342. The van der Waals surface area contributed by atoms with E-state index in [-0.39, 0.29) is 0 Å². The van der Waals surface area contributed by atoms with Gasteiger partial charge in [-0.25, -0.2) is 8.78 Å².